The topological polar surface area (TPSA) is 132 Å². The maximum Gasteiger partial charge on any atom is 0.265 e. The molecule has 1 amide bonds. The number of benzene rings is 1. The molecule has 180 valence electrons. The van der Waals surface area contributed by atoms with E-state index in [2.05, 4.69) is 28.5 Å². The molecule has 9 nitrogen and oxygen atoms in total. The number of H-pyrrole nitrogens is 1. The number of rotatable bonds is 6. The quantitative estimate of drug-likeness (QED) is 0.493. The zero-order valence-corrected chi connectivity index (χ0v) is 19.9. The molecule has 2 aromatic heterocycles. The van der Waals surface area contributed by atoms with Crippen molar-refractivity contribution in [3.63, 3.8) is 0 Å². The summed E-state index contributed by atoms with van der Waals surface area (Å²) >= 11 is 0. The van der Waals surface area contributed by atoms with Crippen LogP contribution in [-0.2, 0) is 10.0 Å². The van der Waals surface area contributed by atoms with Crippen molar-refractivity contribution in [1.82, 2.24) is 14.9 Å². The van der Waals surface area contributed by atoms with E-state index in [1.165, 1.54) is 24.4 Å². The van der Waals surface area contributed by atoms with Gasteiger partial charge in [0, 0.05) is 36.7 Å². The van der Waals surface area contributed by atoms with Gasteiger partial charge in [0.1, 0.15) is 4.90 Å². The highest BCUT2D eigenvalue weighted by Gasteiger charge is 2.34. The molecule has 1 aromatic carbocycles. The van der Waals surface area contributed by atoms with Crippen LogP contribution in [0.25, 0.3) is 10.9 Å². The number of aromatic amines is 1. The summed E-state index contributed by atoms with van der Waals surface area (Å²) in [5.41, 5.74) is -0.364. The van der Waals surface area contributed by atoms with Crippen LogP contribution in [0.2, 0.25) is 0 Å². The molecule has 1 aliphatic rings. The molecule has 0 spiro atoms. The molecular weight excluding hydrogens is 456 g/mol. The molecule has 0 atom stereocenters. The predicted octanol–water partition coefficient (Wildman–Crippen LogP) is 2.74. The first kappa shape index (κ1) is 23.9. The predicted molar refractivity (Wildman–Crippen MR) is 129 cm³/mol. The standard InChI is InChI=1S/C24H28N4O5S/c1-16(2)14-24(31)9-12-28(13-10-24)23(30)17-5-7-18(8-6-17)27-34(32,33)20-15-26-22(29)19-4-3-11-25-21(19)20/h3-8,11,15-16,27,31H,9-10,12-14H2,1-2H3,(H,26,29). The van der Waals surface area contributed by atoms with Gasteiger partial charge in [-0.05, 0) is 61.6 Å². The molecule has 34 heavy (non-hydrogen) atoms. The number of likely N-dealkylation sites (tertiary alicyclic amines) is 1. The summed E-state index contributed by atoms with van der Waals surface area (Å²) in [7, 11) is -4.04. The minimum atomic E-state index is -4.04. The Morgan fingerprint density at radius 2 is 1.88 bits per heavy atom. The summed E-state index contributed by atoms with van der Waals surface area (Å²) < 4.78 is 28.4. The molecule has 1 saturated heterocycles. The van der Waals surface area contributed by atoms with Crippen molar-refractivity contribution in [2.75, 3.05) is 17.8 Å². The van der Waals surface area contributed by atoms with Gasteiger partial charge in [-0.1, -0.05) is 13.8 Å². The number of pyridine rings is 2. The largest absolute Gasteiger partial charge is 0.390 e. The molecule has 4 rings (SSSR count). The van der Waals surface area contributed by atoms with Crippen LogP contribution in [0.3, 0.4) is 0 Å². The van der Waals surface area contributed by atoms with Crippen molar-refractivity contribution in [3.8, 4) is 0 Å². The second-order valence-electron chi connectivity index (χ2n) is 9.18. The van der Waals surface area contributed by atoms with Gasteiger partial charge < -0.3 is 15.0 Å². The van der Waals surface area contributed by atoms with Crippen LogP contribution < -0.4 is 10.3 Å². The van der Waals surface area contributed by atoms with E-state index >= 15 is 0 Å². The van der Waals surface area contributed by atoms with E-state index in [1.54, 1.807) is 23.1 Å². The third kappa shape index (κ3) is 4.97. The minimum absolute atomic E-state index is 0.0769. The van der Waals surface area contributed by atoms with Crippen LogP contribution in [0.4, 0.5) is 5.69 Å². The Morgan fingerprint density at radius 1 is 1.21 bits per heavy atom. The van der Waals surface area contributed by atoms with Gasteiger partial charge in [0.2, 0.25) is 0 Å². The number of aliphatic hydroxyl groups is 1. The van der Waals surface area contributed by atoms with E-state index in [0.717, 1.165) is 6.20 Å². The van der Waals surface area contributed by atoms with Crippen molar-refractivity contribution >= 4 is 32.5 Å². The zero-order chi connectivity index (χ0) is 24.5. The number of carbonyl (C=O) groups is 1. The lowest BCUT2D eigenvalue weighted by molar-refractivity contribution is -0.0311. The van der Waals surface area contributed by atoms with E-state index in [1.807, 2.05) is 0 Å². The Kier molecular flexibility index (Phi) is 6.46. The Hall–Kier alpha value is -3.24. The number of anilines is 1. The number of amides is 1. The molecule has 0 radical (unpaired) electrons. The van der Waals surface area contributed by atoms with Crippen LogP contribution in [0.15, 0.2) is 58.5 Å². The van der Waals surface area contributed by atoms with Gasteiger partial charge >= 0.3 is 0 Å². The van der Waals surface area contributed by atoms with Crippen molar-refractivity contribution in [1.29, 1.82) is 0 Å². The van der Waals surface area contributed by atoms with Gasteiger partial charge in [-0.2, -0.15) is 0 Å². The second kappa shape index (κ2) is 9.19. The summed E-state index contributed by atoms with van der Waals surface area (Å²) in [4.78, 5) is 32.9. The van der Waals surface area contributed by atoms with E-state index < -0.39 is 21.2 Å². The van der Waals surface area contributed by atoms with Crippen LogP contribution in [0, 0.1) is 5.92 Å². The molecule has 0 unspecified atom stereocenters. The Bertz CT molecular complexity index is 1360. The number of sulfonamides is 1. The Morgan fingerprint density at radius 3 is 2.53 bits per heavy atom. The van der Waals surface area contributed by atoms with Gasteiger partial charge in [0.15, 0.2) is 0 Å². The first-order valence-electron chi connectivity index (χ1n) is 11.2. The molecule has 3 N–H and O–H groups in total. The third-order valence-electron chi connectivity index (χ3n) is 6.06. The first-order chi connectivity index (χ1) is 16.1. The lowest BCUT2D eigenvalue weighted by Gasteiger charge is -2.39. The number of aromatic nitrogens is 2. The van der Waals surface area contributed by atoms with Crippen molar-refractivity contribution in [2.24, 2.45) is 5.92 Å². The van der Waals surface area contributed by atoms with Gasteiger partial charge in [0.25, 0.3) is 21.5 Å². The van der Waals surface area contributed by atoms with Crippen LogP contribution in [0.5, 0.6) is 0 Å². The van der Waals surface area contributed by atoms with Gasteiger partial charge in [-0.25, -0.2) is 8.42 Å². The third-order valence-corrected chi connectivity index (χ3v) is 7.46. The zero-order valence-electron chi connectivity index (χ0n) is 19.1. The van der Waals surface area contributed by atoms with Gasteiger partial charge in [0.05, 0.1) is 16.5 Å². The first-order valence-corrected chi connectivity index (χ1v) is 12.7. The summed E-state index contributed by atoms with van der Waals surface area (Å²) in [6.07, 6.45) is 4.33. The minimum Gasteiger partial charge on any atom is -0.390 e. The van der Waals surface area contributed by atoms with Crippen LogP contribution in [-0.4, -0.2) is 53.0 Å². The summed E-state index contributed by atoms with van der Waals surface area (Å²) in [5.74, 6) is 0.227. The molecular formula is C24H28N4O5S. The van der Waals surface area contributed by atoms with Gasteiger partial charge in [-0.3, -0.25) is 19.3 Å². The molecule has 1 fully saturated rings. The average Bonchev–Trinajstić information content (AvgIpc) is 2.79. The molecule has 3 heterocycles. The Balaban J connectivity index is 1.47. The van der Waals surface area contributed by atoms with E-state index in [0.29, 0.717) is 43.8 Å². The molecule has 1 aliphatic heterocycles. The SMILES string of the molecule is CC(C)CC1(O)CCN(C(=O)c2ccc(NS(=O)(=O)c3c[nH]c(=O)c4cccnc34)cc2)CC1. The van der Waals surface area contributed by atoms with E-state index in [9.17, 15) is 23.1 Å². The van der Waals surface area contributed by atoms with Crippen LogP contribution >= 0.6 is 0 Å². The fourth-order valence-corrected chi connectivity index (χ4v) is 5.62. The van der Waals surface area contributed by atoms with Crippen LogP contribution in [0.1, 0.15) is 43.5 Å². The number of nitrogens with zero attached hydrogens (tertiary/aromatic N) is 2. The summed E-state index contributed by atoms with van der Waals surface area (Å²) in [6.45, 7) is 5.09. The molecule has 3 aromatic rings. The molecule has 0 saturated carbocycles. The van der Waals surface area contributed by atoms with Crippen molar-refractivity contribution in [2.45, 2.75) is 43.6 Å². The molecule has 10 heteroatoms. The maximum absolute atomic E-state index is 13.0. The summed E-state index contributed by atoms with van der Waals surface area (Å²) in [5, 5.41) is 10.9. The average molecular weight is 485 g/mol. The highest BCUT2D eigenvalue weighted by molar-refractivity contribution is 7.93. The number of hydrogen-bond acceptors (Lipinski definition) is 6. The van der Waals surface area contributed by atoms with E-state index in [4.69, 9.17) is 0 Å². The fraction of sp³-hybridized carbons (Fsp3) is 0.375. The monoisotopic (exact) mass is 484 g/mol. The highest BCUT2D eigenvalue weighted by atomic mass is 32.2. The normalized spacial score (nSPS) is 16.1. The maximum atomic E-state index is 13.0. The number of hydrogen-bond donors (Lipinski definition) is 3. The molecule has 0 aliphatic carbocycles. The Labute approximate surface area is 197 Å². The number of fused-ring (bicyclic) bond motifs is 1. The van der Waals surface area contributed by atoms with Gasteiger partial charge in [-0.15, -0.1) is 0 Å². The number of nitrogens with one attached hydrogen (secondary N) is 2. The van der Waals surface area contributed by atoms with Crippen molar-refractivity contribution in [3.05, 3.63) is 64.7 Å². The lowest BCUT2D eigenvalue weighted by atomic mass is 9.84. The lowest BCUT2D eigenvalue weighted by Crippen LogP contribution is -2.47. The smallest absolute Gasteiger partial charge is 0.265 e. The number of piperidine rings is 1. The highest BCUT2D eigenvalue weighted by Crippen LogP contribution is 2.29. The fourth-order valence-electron chi connectivity index (χ4n) is 4.43. The second-order valence-corrected chi connectivity index (χ2v) is 10.8. The summed E-state index contributed by atoms with van der Waals surface area (Å²) in [6, 6.07) is 9.24. The number of carbonyl (C=O) groups excluding carboxylic acids is 1. The van der Waals surface area contributed by atoms with E-state index in [-0.39, 0.29) is 27.4 Å². The molecule has 0 bridgehead atoms. The van der Waals surface area contributed by atoms with Crippen molar-refractivity contribution < 1.29 is 18.3 Å².